The second-order valence-electron chi connectivity index (χ2n) is 15.0. The van der Waals surface area contributed by atoms with E-state index in [1.54, 1.807) is 60.7 Å². The standard InChI is InChI=1S/C21H21F4N5O3S.C20H19F4N5O3S.ClH/c1-28-9-11-29(12-10-28)34(31,32)30(17-5-3-2-4-6-17)14-16-8-7-15(13-18(16)22)19-26-27-20(33-19)21(23,24)25;21-17-12-14(18-26-27-19(32-18)20(22,23)24)6-7-15(17)13-29(16-4-2-1-3-5-16)33(30,31)28-10-8-25-9-11-28;/h2-8,13H,9-12,14H2,1H3;1-7,12,25H,8-11,13H2;1H. The molecule has 0 saturated carbocycles. The summed E-state index contributed by atoms with van der Waals surface area (Å²) in [4.78, 5) is 2.01. The minimum Gasteiger partial charge on any atom is -0.413 e. The van der Waals surface area contributed by atoms with E-state index in [1.807, 2.05) is 11.9 Å². The van der Waals surface area contributed by atoms with Gasteiger partial charge in [0.25, 0.3) is 0 Å². The maximum Gasteiger partial charge on any atom is 0.470 e. The van der Waals surface area contributed by atoms with Gasteiger partial charge in [-0.25, -0.2) is 8.78 Å². The van der Waals surface area contributed by atoms with E-state index in [0.29, 0.717) is 50.6 Å². The van der Waals surface area contributed by atoms with Gasteiger partial charge >= 0.3 is 44.6 Å². The highest BCUT2D eigenvalue weighted by molar-refractivity contribution is 7.90. The van der Waals surface area contributed by atoms with E-state index in [-0.39, 0.29) is 60.8 Å². The third-order valence-corrected chi connectivity index (χ3v) is 14.2. The number of alkyl halides is 6. The van der Waals surface area contributed by atoms with Gasteiger partial charge in [-0.15, -0.1) is 32.8 Å². The molecule has 8 rings (SSSR count). The minimum absolute atomic E-state index is 0. The molecule has 0 unspecified atom stereocenters. The van der Waals surface area contributed by atoms with Crippen LogP contribution in [0.5, 0.6) is 0 Å². The lowest BCUT2D eigenvalue weighted by atomic mass is 10.1. The van der Waals surface area contributed by atoms with Crippen molar-refractivity contribution in [3.8, 4) is 22.9 Å². The number of benzene rings is 4. The number of likely N-dealkylation sites (N-methyl/N-ethyl adjacent to an activating group) is 1. The van der Waals surface area contributed by atoms with Gasteiger partial charge in [-0.2, -0.15) is 51.8 Å². The molecule has 4 heterocycles. The van der Waals surface area contributed by atoms with E-state index >= 15 is 0 Å². The summed E-state index contributed by atoms with van der Waals surface area (Å²) >= 11 is 0. The van der Waals surface area contributed by atoms with Crippen LogP contribution in [0.2, 0.25) is 0 Å². The Bertz CT molecular complexity index is 2850. The summed E-state index contributed by atoms with van der Waals surface area (Å²) in [5.41, 5.74) is 0.647. The molecule has 4 aromatic carbocycles. The molecule has 366 valence electrons. The molecule has 0 amide bonds. The zero-order chi connectivity index (χ0) is 48.1. The Balaban J connectivity index is 0.000000221. The average molecular weight is 1020 g/mol. The van der Waals surface area contributed by atoms with Crippen molar-refractivity contribution in [3.63, 3.8) is 0 Å². The molecule has 2 fully saturated rings. The highest BCUT2D eigenvalue weighted by atomic mass is 35.5. The second-order valence-corrected chi connectivity index (χ2v) is 18.7. The quantitative estimate of drug-likeness (QED) is 0.126. The fourth-order valence-electron chi connectivity index (χ4n) is 6.81. The van der Waals surface area contributed by atoms with Crippen LogP contribution in [-0.4, -0.2) is 110 Å². The molecule has 0 radical (unpaired) electrons. The molecular weight excluding hydrogens is 980 g/mol. The molecule has 0 atom stereocenters. The van der Waals surface area contributed by atoms with E-state index in [9.17, 15) is 52.0 Å². The number of para-hydroxylation sites is 2. The van der Waals surface area contributed by atoms with Crippen LogP contribution in [0.1, 0.15) is 22.9 Å². The summed E-state index contributed by atoms with van der Waals surface area (Å²) in [6.45, 7) is 2.61. The fraction of sp³-hybridized carbons (Fsp3) is 0.317. The summed E-state index contributed by atoms with van der Waals surface area (Å²) in [6, 6.07) is 23.6. The van der Waals surface area contributed by atoms with Gasteiger partial charge in [0.15, 0.2) is 0 Å². The highest BCUT2D eigenvalue weighted by Crippen LogP contribution is 2.34. The molecule has 27 heteroatoms. The largest absolute Gasteiger partial charge is 0.470 e. The lowest BCUT2D eigenvalue weighted by Gasteiger charge is -2.36. The Kier molecular flexibility index (Phi) is 16.1. The Morgan fingerprint density at radius 2 is 0.956 bits per heavy atom. The van der Waals surface area contributed by atoms with E-state index in [0.717, 1.165) is 20.7 Å². The lowest BCUT2D eigenvalue weighted by Crippen LogP contribution is -2.52. The number of halogens is 9. The minimum atomic E-state index is -4.82. The van der Waals surface area contributed by atoms with E-state index in [4.69, 9.17) is 0 Å². The third-order valence-electron chi connectivity index (χ3n) is 10.4. The van der Waals surface area contributed by atoms with Gasteiger partial charge in [0.05, 0.1) is 24.5 Å². The lowest BCUT2D eigenvalue weighted by molar-refractivity contribution is -0.157. The predicted molar refractivity (Wildman–Crippen MR) is 233 cm³/mol. The summed E-state index contributed by atoms with van der Waals surface area (Å²) in [7, 11) is -6.06. The Labute approximate surface area is 390 Å². The SMILES string of the molecule is CN1CCN(S(=O)(=O)N(Cc2ccc(-c3nnc(C(F)(F)F)o3)cc2F)c2ccccc2)CC1.Cl.O=S(=O)(N1CCNCC1)N(Cc1ccc(-c2nnc(C(F)(F)F)o2)cc1F)c1ccccc1. The van der Waals surface area contributed by atoms with Crippen LogP contribution in [-0.2, 0) is 45.9 Å². The molecule has 0 aliphatic carbocycles. The first-order valence-electron chi connectivity index (χ1n) is 20.2. The number of nitrogens with one attached hydrogen (secondary N) is 1. The summed E-state index contributed by atoms with van der Waals surface area (Å²) in [6.07, 6.45) is -9.64. The maximum absolute atomic E-state index is 15.0. The molecule has 6 aromatic rings. The van der Waals surface area contributed by atoms with Crippen LogP contribution in [0.3, 0.4) is 0 Å². The van der Waals surface area contributed by atoms with Crippen molar-refractivity contribution in [1.82, 2.24) is 39.2 Å². The number of hydrogen-bond donors (Lipinski definition) is 1. The van der Waals surface area contributed by atoms with Crippen LogP contribution in [0.15, 0.2) is 106 Å². The van der Waals surface area contributed by atoms with Gasteiger partial charge in [-0.1, -0.05) is 48.5 Å². The van der Waals surface area contributed by atoms with Crippen LogP contribution < -0.4 is 13.9 Å². The highest BCUT2D eigenvalue weighted by Gasteiger charge is 2.40. The van der Waals surface area contributed by atoms with Crippen LogP contribution in [0.4, 0.5) is 46.5 Å². The monoisotopic (exact) mass is 1020 g/mol. The van der Waals surface area contributed by atoms with Gasteiger partial charge in [0.1, 0.15) is 11.6 Å². The molecule has 2 aliphatic rings. The van der Waals surface area contributed by atoms with Crippen molar-refractivity contribution < 1.29 is 60.8 Å². The molecule has 0 bridgehead atoms. The first kappa shape index (κ1) is 51.6. The number of rotatable bonds is 12. The Morgan fingerprint density at radius 3 is 1.31 bits per heavy atom. The molecule has 1 N–H and O–H groups in total. The zero-order valence-corrected chi connectivity index (χ0v) is 38.0. The third kappa shape index (κ3) is 12.1. The van der Waals surface area contributed by atoms with Crippen LogP contribution in [0.25, 0.3) is 22.9 Å². The maximum atomic E-state index is 15.0. The smallest absolute Gasteiger partial charge is 0.413 e. The topological polar surface area (TPSA) is 174 Å². The molecule has 2 aliphatic heterocycles. The normalized spacial score (nSPS) is 15.5. The van der Waals surface area contributed by atoms with Crippen LogP contribution in [0, 0.1) is 11.6 Å². The zero-order valence-electron chi connectivity index (χ0n) is 35.5. The summed E-state index contributed by atoms with van der Waals surface area (Å²) in [5.74, 6) is -5.72. The van der Waals surface area contributed by atoms with Crippen LogP contribution >= 0.6 is 12.4 Å². The van der Waals surface area contributed by atoms with Gasteiger partial charge in [-0.05, 0) is 55.6 Å². The molecule has 16 nitrogen and oxygen atoms in total. The van der Waals surface area contributed by atoms with Crippen molar-refractivity contribution in [2.75, 3.05) is 68.0 Å². The fourth-order valence-corrected chi connectivity index (χ4v) is 10.0. The number of hydrogen-bond acceptors (Lipinski definition) is 12. The molecule has 2 aromatic heterocycles. The van der Waals surface area contributed by atoms with E-state index < -0.39 is 68.0 Å². The number of anilines is 2. The number of nitrogens with zero attached hydrogens (tertiary/aromatic N) is 9. The molecular formula is C41H41ClF8N10O6S2. The molecule has 68 heavy (non-hydrogen) atoms. The van der Waals surface area contributed by atoms with Crippen molar-refractivity contribution in [1.29, 1.82) is 0 Å². The first-order chi connectivity index (χ1) is 31.7. The van der Waals surface area contributed by atoms with Gasteiger partial charge in [-0.3, -0.25) is 8.61 Å². The predicted octanol–water partition coefficient (Wildman–Crippen LogP) is 6.87. The van der Waals surface area contributed by atoms with E-state index in [1.165, 1.54) is 32.9 Å². The van der Waals surface area contributed by atoms with E-state index in [2.05, 4.69) is 34.5 Å². The molecule has 0 spiro atoms. The van der Waals surface area contributed by atoms with Crippen molar-refractivity contribution >= 4 is 44.2 Å². The van der Waals surface area contributed by atoms with Crippen molar-refractivity contribution in [3.05, 3.63) is 132 Å². The van der Waals surface area contributed by atoms with Gasteiger partial charge in [0.2, 0.25) is 11.8 Å². The van der Waals surface area contributed by atoms with Crippen molar-refractivity contribution in [2.45, 2.75) is 25.4 Å². The van der Waals surface area contributed by atoms with Crippen molar-refractivity contribution in [2.24, 2.45) is 0 Å². The number of piperazine rings is 2. The average Bonchev–Trinajstić information content (AvgIpc) is 4.02. The molecule has 2 saturated heterocycles. The van der Waals surface area contributed by atoms with Gasteiger partial charge < -0.3 is 19.1 Å². The van der Waals surface area contributed by atoms with Gasteiger partial charge in [0, 0.05) is 74.6 Å². The summed E-state index contributed by atoms with van der Waals surface area (Å²) in [5, 5.41) is 15.6. The second kappa shape index (κ2) is 21.3. The Morgan fingerprint density at radius 1 is 0.574 bits per heavy atom. The number of aromatic nitrogens is 4. The Hall–Kier alpha value is -5.77. The first-order valence-corrected chi connectivity index (χ1v) is 22.9. The summed E-state index contributed by atoms with van der Waals surface area (Å²) < 4.78 is 174.